The maximum atomic E-state index is 13.3. The van der Waals surface area contributed by atoms with Crippen LogP contribution >= 0.6 is 0 Å². The fraction of sp³-hybridized carbons (Fsp3) is 0.100. The number of para-hydroxylation sites is 1. The second-order valence-electron chi connectivity index (χ2n) is 3.35. The van der Waals surface area contributed by atoms with E-state index in [4.69, 9.17) is 10.0 Å². The summed E-state index contributed by atoms with van der Waals surface area (Å²) in [5.41, 5.74) is 1.18. The van der Waals surface area contributed by atoms with Crippen LogP contribution in [-0.2, 0) is 0 Å². The molecule has 0 saturated heterocycles. The van der Waals surface area contributed by atoms with Gasteiger partial charge in [0.25, 0.3) is 0 Å². The lowest BCUT2D eigenvalue weighted by molar-refractivity contribution is 0.425. The molecule has 0 saturated carbocycles. The predicted molar refractivity (Wildman–Crippen MR) is 56.3 cm³/mol. The third-order valence-corrected chi connectivity index (χ3v) is 2.43. The first-order chi connectivity index (χ1) is 7.11. The number of pyridine rings is 1. The Labute approximate surface area is 86.3 Å². The maximum Gasteiger partial charge on any atom is 0.490 e. The Hall–Kier alpha value is -1.46. The Kier molecular flexibility index (Phi) is 2.42. The molecule has 0 aliphatic heterocycles. The number of fused-ring (bicyclic) bond motifs is 1. The zero-order chi connectivity index (χ0) is 11.0. The van der Waals surface area contributed by atoms with Gasteiger partial charge in [0.2, 0.25) is 0 Å². The summed E-state index contributed by atoms with van der Waals surface area (Å²) in [5.74, 6) is -0.408. The van der Waals surface area contributed by atoms with Gasteiger partial charge in [-0.2, -0.15) is 0 Å². The molecule has 0 spiro atoms. The molecule has 0 aliphatic rings. The zero-order valence-corrected chi connectivity index (χ0v) is 8.11. The van der Waals surface area contributed by atoms with Crippen LogP contribution in [0.15, 0.2) is 24.4 Å². The van der Waals surface area contributed by atoms with E-state index in [1.165, 1.54) is 12.3 Å². The zero-order valence-electron chi connectivity index (χ0n) is 8.11. The van der Waals surface area contributed by atoms with Gasteiger partial charge in [-0.05, 0) is 18.6 Å². The first kappa shape index (κ1) is 10.1. The topological polar surface area (TPSA) is 53.4 Å². The largest absolute Gasteiger partial charge is 0.490 e. The van der Waals surface area contributed by atoms with Crippen molar-refractivity contribution in [1.82, 2.24) is 4.98 Å². The fourth-order valence-electron chi connectivity index (χ4n) is 1.60. The first-order valence-corrected chi connectivity index (χ1v) is 4.51. The lowest BCUT2D eigenvalue weighted by Crippen LogP contribution is -2.32. The molecule has 1 aromatic heterocycles. The van der Waals surface area contributed by atoms with Gasteiger partial charge >= 0.3 is 7.12 Å². The van der Waals surface area contributed by atoms with Crippen molar-refractivity contribution in [2.24, 2.45) is 0 Å². The predicted octanol–water partition coefficient (Wildman–Crippen LogP) is 0.362. The van der Waals surface area contributed by atoms with Gasteiger partial charge < -0.3 is 10.0 Å². The smallest absolute Gasteiger partial charge is 0.423 e. The standard InChI is InChI=1S/C10H9BFNO2/c1-6-7-3-2-4-9(12)10(7)13-5-8(6)11(14)15/h2-5,14-15H,1H3. The van der Waals surface area contributed by atoms with Crippen LogP contribution in [0.1, 0.15) is 5.56 Å². The fourth-order valence-corrected chi connectivity index (χ4v) is 1.60. The van der Waals surface area contributed by atoms with E-state index in [-0.39, 0.29) is 5.52 Å². The van der Waals surface area contributed by atoms with Crippen molar-refractivity contribution in [3.05, 3.63) is 35.8 Å². The number of hydrogen-bond acceptors (Lipinski definition) is 3. The molecule has 1 heterocycles. The van der Waals surface area contributed by atoms with E-state index in [1.54, 1.807) is 19.1 Å². The summed E-state index contributed by atoms with van der Waals surface area (Å²) in [6, 6.07) is 4.59. The molecule has 76 valence electrons. The molecular weight excluding hydrogens is 196 g/mol. The van der Waals surface area contributed by atoms with E-state index in [0.29, 0.717) is 16.4 Å². The lowest BCUT2D eigenvalue weighted by atomic mass is 9.77. The second-order valence-corrected chi connectivity index (χ2v) is 3.35. The average Bonchev–Trinajstić information content (AvgIpc) is 2.19. The second kappa shape index (κ2) is 3.60. The summed E-state index contributed by atoms with van der Waals surface area (Å²) >= 11 is 0. The molecule has 0 unspecified atom stereocenters. The summed E-state index contributed by atoms with van der Waals surface area (Å²) in [7, 11) is -1.58. The first-order valence-electron chi connectivity index (χ1n) is 4.51. The van der Waals surface area contributed by atoms with Gasteiger partial charge in [0.05, 0.1) is 0 Å². The highest BCUT2D eigenvalue weighted by Gasteiger charge is 2.17. The highest BCUT2D eigenvalue weighted by atomic mass is 19.1. The molecule has 2 aromatic rings. The van der Waals surface area contributed by atoms with Crippen molar-refractivity contribution in [2.45, 2.75) is 6.92 Å². The Bertz CT molecular complexity index is 516. The Balaban J connectivity index is 2.80. The van der Waals surface area contributed by atoms with Crippen molar-refractivity contribution < 1.29 is 14.4 Å². The van der Waals surface area contributed by atoms with Gasteiger partial charge in [0.15, 0.2) is 0 Å². The molecule has 0 amide bonds. The van der Waals surface area contributed by atoms with Crippen LogP contribution in [0.25, 0.3) is 10.9 Å². The molecule has 0 radical (unpaired) electrons. The van der Waals surface area contributed by atoms with Crippen molar-refractivity contribution >= 4 is 23.5 Å². The number of rotatable bonds is 1. The van der Waals surface area contributed by atoms with Crippen LogP contribution in [0.5, 0.6) is 0 Å². The van der Waals surface area contributed by atoms with Crippen LogP contribution in [0, 0.1) is 12.7 Å². The molecule has 0 bridgehead atoms. The van der Waals surface area contributed by atoms with Crippen molar-refractivity contribution in [1.29, 1.82) is 0 Å². The average molecular weight is 205 g/mol. The van der Waals surface area contributed by atoms with E-state index >= 15 is 0 Å². The maximum absolute atomic E-state index is 13.3. The van der Waals surface area contributed by atoms with Crippen molar-refractivity contribution in [2.75, 3.05) is 0 Å². The van der Waals surface area contributed by atoms with Gasteiger partial charge in [-0.15, -0.1) is 0 Å². The van der Waals surface area contributed by atoms with E-state index in [9.17, 15) is 4.39 Å². The summed E-state index contributed by atoms with van der Waals surface area (Å²) in [6.45, 7) is 1.71. The van der Waals surface area contributed by atoms with E-state index < -0.39 is 12.9 Å². The summed E-state index contributed by atoms with van der Waals surface area (Å²) in [4.78, 5) is 3.87. The highest BCUT2D eigenvalue weighted by molar-refractivity contribution is 6.59. The quantitative estimate of drug-likeness (QED) is 0.661. The molecule has 0 fully saturated rings. The minimum atomic E-state index is -1.58. The van der Waals surface area contributed by atoms with Gasteiger partial charge in [-0.3, -0.25) is 4.98 Å². The van der Waals surface area contributed by atoms with Crippen molar-refractivity contribution in [3.63, 3.8) is 0 Å². The van der Waals surface area contributed by atoms with Gasteiger partial charge in [0.1, 0.15) is 11.3 Å². The SMILES string of the molecule is Cc1c(B(O)O)cnc2c(F)cccc12. The molecule has 3 nitrogen and oxygen atoms in total. The Morgan fingerprint density at radius 1 is 1.33 bits per heavy atom. The Morgan fingerprint density at radius 3 is 2.73 bits per heavy atom. The van der Waals surface area contributed by atoms with E-state index in [1.807, 2.05) is 0 Å². The summed E-state index contributed by atoms with van der Waals surface area (Å²) in [6.07, 6.45) is 1.28. The van der Waals surface area contributed by atoms with E-state index in [2.05, 4.69) is 4.98 Å². The number of nitrogens with zero attached hydrogens (tertiary/aromatic N) is 1. The number of hydrogen-bond donors (Lipinski definition) is 2. The van der Waals surface area contributed by atoms with Gasteiger partial charge in [-0.25, -0.2) is 4.39 Å². The normalized spacial score (nSPS) is 10.7. The molecule has 2 rings (SSSR count). The third-order valence-electron chi connectivity index (χ3n) is 2.43. The molecular formula is C10H9BFNO2. The third kappa shape index (κ3) is 1.60. The summed E-state index contributed by atoms with van der Waals surface area (Å²) < 4.78 is 13.3. The van der Waals surface area contributed by atoms with Crippen LogP contribution in [0.4, 0.5) is 4.39 Å². The van der Waals surface area contributed by atoms with Crippen molar-refractivity contribution in [3.8, 4) is 0 Å². The molecule has 1 aromatic carbocycles. The molecule has 0 aliphatic carbocycles. The molecule has 5 heteroatoms. The number of aromatic nitrogens is 1. The van der Waals surface area contributed by atoms with Crippen LogP contribution in [0.3, 0.4) is 0 Å². The van der Waals surface area contributed by atoms with Crippen LogP contribution in [-0.4, -0.2) is 22.2 Å². The highest BCUT2D eigenvalue weighted by Crippen LogP contribution is 2.17. The lowest BCUT2D eigenvalue weighted by Gasteiger charge is -2.07. The van der Waals surface area contributed by atoms with Gasteiger partial charge in [0, 0.05) is 17.0 Å². The number of halogens is 1. The van der Waals surface area contributed by atoms with Gasteiger partial charge in [-0.1, -0.05) is 12.1 Å². The minimum absolute atomic E-state index is 0.249. The molecule has 15 heavy (non-hydrogen) atoms. The number of aryl methyl sites for hydroxylation is 1. The molecule has 2 N–H and O–H groups in total. The molecule has 0 atom stereocenters. The Morgan fingerprint density at radius 2 is 2.07 bits per heavy atom. The monoisotopic (exact) mass is 205 g/mol. The summed E-state index contributed by atoms with van der Waals surface area (Å²) in [5, 5.41) is 18.7. The van der Waals surface area contributed by atoms with E-state index in [0.717, 1.165) is 0 Å². The minimum Gasteiger partial charge on any atom is -0.423 e. The number of benzene rings is 1. The van der Waals surface area contributed by atoms with Crippen LogP contribution < -0.4 is 5.46 Å². The van der Waals surface area contributed by atoms with Crippen LogP contribution in [0.2, 0.25) is 0 Å².